The van der Waals surface area contributed by atoms with Crippen molar-refractivity contribution in [1.82, 2.24) is 5.32 Å². The van der Waals surface area contributed by atoms with Crippen LogP contribution in [0.2, 0.25) is 0 Å². The number of hydrogen-bond donors (Lipinski definition) is 2. The molecule has 0 aliphatic heterocycles. The lowest BCUT2D eigenvalue weighted by molar-refractivity contribution is 0.0855. The fourth-order valence-electron chi connectivity index (χ4n) is 2.51. The molecule has 3 heteroatoms. The standard InChI is InChI=1S/C12H25NO2/c1-12(10-14,13-8-9-15-2)11-6-4-3-5-7-11/h11,13-14H,3-10H2,1-2H3. The van der Waals surface area contributed by atoms with Crippen molar-refractivity contribution < 1.29 is 9.84 Å². The summed E-state index contributed by atoms with van der Waals surface area (Å²) in [4.78, 5) is 0. The minimum Gasteiger partial charge on any atom is -0.394 e. The van der Waals surface area contributed by atoms with Gasteiger partial charge in [0.15, 0.2) is 0 Å². The van der Waals surface area contributed by atoms with Gasteiger partial charge in [0, 0.05) is 19.2 Å². The van der Waals surface area contributed by atoms with Crippen LogP contribution >= 0.6 is 0 Å². The molecular weight excluding hydrogens is 190 g/mol. The molecule has 0 spiro atoms. The zero-order valence-electron chi connectivity index (χ0n) is 10.1. The van der Waals surface area contributed by atoms with Gasteiger partial charge >= 0.3 is 0 Å². The molecule has 2 N–H and O–H groups in total. The summed E-state index contributed by atoms with van der Waals surface area (Å²) in [6.45, 7) is 3.90. The van der Waals surface area contributed by atoms with Gasteiger partial charge in [0.2, 0.25) is 0 Å². The molecule has 0 heterocycles. The van der Waals surface area contributed by atoms with Crippen molar-refractivity contribution in [2.24, 2.45) is 5.92 Å². The third kappa shape index (κ3) is 3.74. The number of hydrogen-bond acceptors (Lipinski definition) is 3. The van der Waals surface area contributed by atoms with Gasteiger partial charge in [0.1, 0.15) is 0 Å². The SMILES string of the molecule is COCCNC(C)(CO)C1CCCCC1. The lowest BCUT2D eigenvalue weighted by Crippen LogP contribution is -2.53. The van der Waals surface area contributed by atoms with Crippen LogP contribution in [0.3, 0.4) is 0 Å². The van der Waals surface area contributed by atoms with Crippen LogP contribution in [0.1, 0.15) is 39.0 Å². The second kappa shape index (κ2) is 6.46. The summed E-state index contributed by atoms with van der Waals surface area (Å²) in [5.74, 6) is 0.619. The van der Waals surface area contributed by atoms with Gasteiger partial charge in [-0.1, -0.05) is 19.3 Å². The van der Waals surface area contributed by atoms with Crippen molar-refractivity contribution in [2.45, 2.75) is 44.6 Å². The van der Waals surface area contributed by atoms with Crippen LogP contribution < -0.4 is 5.32 Å². The van der Waals surface area contributed by atoms with Gasteiger partial charge in [-0.2, -0.15) is 0 Å². The maximum Gasteiger partial charge on any atom is 0.0613 e. The van der Waals surface area contributed by atoms with Crippen molar-refractivity contribution in [3.8, 4) is 0 Å². The third-order valence-electron chi connectivity index (χ3n) is 3.67. The highest BCUT2D eigenvalue weighted by molar-refractivity contribution is 4.91. The summed E-state index contributed by atoms with van der Waals surface area (Å²) in [7, 11) is 1.71. The van der Waals surface area contributed by atoms with E-state index in [1.807, 2.05) is 0 Å². The number of methoxy groups -OCH3 is 1. The van der Waals surface area contributed by atoms with Crippen LogP contribution in [-0.2, 0) is 4.74 Å². The summed E-state index contributed by atoms with van der Waals surface area (Å²) in [5.41, 5.74) is -0.112. The van der Waals surface area contributed by atoms with E-state index in [1.165, 1.54) is 32.1 Å². The monoisotopic (exact) mass is 215 g/mol. The number of nitrogens with one attached hydrogen (secondary N) is 1. The zero-order chi connectivity index (χ0) is 11.1. The number of aliphatic hydroxyl groups excluding tert-OH is 1. The Morgan fingerprint density at radius 1 is 1.33 bits per heavy atom. The Morgan fingerprint density at radius 3 is 2.53 bits per heavy atom. The van der Waals surface area contributed by atoms with Crippen molar-refractivity contribution >= 4 is 0 Å². The second-order valence-corrected chi connectivity index (χ2v) is 4.83. The molecule has 1 atom stereocenters. The van der Waals surface area contributed by atoms with E-state index in [0.717, 1.165) is 6.54 Å². The molecule has 1 aliphatic carbocycles. The lowest BCUT2D eigenvalue weighted by atomic mass is 9.76. The minimum atomic E-state index is -0.112. The van der Waals surface area contributed by atoms with Gasteiger partial charge < -0.3 is 15.2 Å². The first-order chi connectivity index (χ1) is 7.23. The molecule has 0 aromatic carbocycles. The van der Waals surface area contributed by atoms with Crippen molar-refractivity contribution in [3.05, 3.63) is 0 Å². The molecule has 0 amide bonds. The molecule has 1 rings (SSSR count). The summed E-state index contributed by atoms with van der Waals surface area (Å²) < 4.78 is 5.02. The average Bonchev–Trinajstić information content (AvgIpc) is 2.30. The fourth-order valence-corrected chi connectivity index (χ4v) is 2.51. The van der Waals surface area contributed by atoms with Gasteiger partial charge in [-0.15, -0.1) is 0 Å². The second-order valence-electron chi connectivity index (χ2n) is 4.83. The fraction of sp³-hybridized carbons (Fsp3) is 1.00. The first kappa shape index (κ1) is 12.9. The van der Waals surface area contributed by atoms with Gasteiger partial charge in [-0.05, 0) is 25.7 Å². The summed E-state index contributed by atoms with van der Waals surface area (Å²) >= 11 is 0. The first-order valence-electron chi connectivity index (χ1n) is 6.08. The number of ether oxygens (including phenoxy) is 1. The topological polar surface area (TPSA) is 41.5 Å². The molecule has 0 aromatic heterocycles. The zero-order valence-corrected chi connectivity index (χ0v) is 10.1. The van der Waals surface area contributed by atoms with Gasteiger partial charge in [-0.3, -0.25) is 0 Å². The molecule has 0 bridgehead atoms. The smallest absolute Gasteiger partial charge is 0.0613 e. The molecule has 1 saturated carbocycles. The molecule has 90 valence electrons. The van der Waals surface area contributed by atoms with Crippen molar-refractivity contribution in [1.29, 1.82) is 0 Å². The molecule has 0 saturated heterocycles. The molecule has 0 radical (unpaired) electrons. The predicted molar refractivity (Wildman–Crippen MR) is 61.9 cm³/mol. The van der Waals surface area contributed by atoms with E-state index in [4.69, 9.17) is 4.74 Å². The van der Waals surface area contributed by atoms with Crippen LogP contribution in [0.5, 0.6) is 0 Å². The van der Waals surface area contributed by atoms with Crippen molar-refractivity contribution in [3.63, 3.8) is 0 Å². The van der Waals surface area contributed by atoms with Crippen LogP contribution in [-0.4, -0.2) is 37.5 Å². The highest BCUT2D eigenvalue weighted by Gasteiger charge is 2.33. The van der Waals surface area contributed by atoms with E-state index < -0.39 is 0 Å². The van der Waals surface area contributed by atoms with Crippen LogP contribution in [0.4, 0.5) is 0 Å². The van der Waals surface area contributed by atoms with E-state index in [9.17, 15) is 5.11 Å². The largest absolute Gasteiger partial charge is 0.394 e. The molecule has 0 aromatic rings. The van der Waals surface area contributed by atoms with E-state index in [2.05, 4.69) is 12.2 Å². The third-order valence-corrected chi connectivity index (χ3v) is 3.67. The van der Waals surface area contributed by atoms with Gasteiger partial charge in [0.25, 0.3) is 0 Å². The van der Waals surface area contributed by atoms with Gasteiger partial charge in [0.05, 0.1) is 13.2 Å². The summed E-state index contributed by atoms with van der Waals surface area (Å²) in [6, 6.07) is 0. The van der Waals surface area contributed by atoms with Crippen LogP contribution in [0.15, 0.2) is 0 Å². The molecule has 15 heavy (non-hydrogen) atoms. The quantitative estimate of drug-likeness (QED) is 0.661. The van der Waals surface area contributed by atoms with E-state index >= 15 is 0 Å². The molecule has 3 nitrogen and oxygen atoms in total. The number of aliphatic hydroxyl groups is 1. The molecule has 1 fully saturated rings. The molecule has 1 aliphatic rings. The summed E-state index contributed by atoms with van der Waals surface area (Å²) in [6.07, 6.45) is 6.47. The molecular formula is C12H25NO2. The van der Waals surface area contributed by atoms with Crippen molar-refractivity contribution in [2.75, 3.05) is 26.9 Å². The maximum atomic E-state index is 9.53. The van der Waals surface area contributed by atoms with Gasteiger partial charge in [-0.25, -0.2) is 0 Å². The van der Waals surface area contributed by atoms with E-state index in [0.29, 0.717) is 12.5 Å². The van der Waals surface area contributed by atoms with Crippen LogP contribution in [0, 0.1) is 5.92 Å². The molecule has 1 unspecified atom stereocenters. The summed E-state index contributed by atoms with van der Waals surface area (Å²) in [5, 5.41) is 13.0. The Balaban J connectivity index is 2.41. The maximum absolute atomic E-state index is 9.53. The first-order valence-corrected chi connectivity index (χ1v) is 6.08. The Labute approximate surface area is 93.2 Å². The Hall–Kier alpha value is -0.120. The van der Waals surface area contributed by atoms with E-state index in [-0.39, 0.29) is 12.1 Å². The normalized spacial score (nSPS) is 22.6. The Morgan fingerprint density at radius 2 is 2.00 bits per heavy atom. The van der Waals surface area contributed by atoms with E-state index in [1.54, 1.807) is 7.11 Å². The Kier molecular flexibility index (Phi) is 5.58. The highest BCUT2D eigenvalue weighted by Crippen LogP contribution is 2.32. The minimum absolute atomic E-state index is 0.112. The average molecular weight is 215 g/mol. The number of rotatable bonds is 6. The predicted octanol–water partition coefficient (Wildman–Crippen LogP) is 1.55. The lowest BCUT2D eigenvalue weighted by Gasteiger charge is -2.39. The van der Waals surface area contributed by atoms with Crippen LogP contribution in [0.25, 0.3) is 0 Å². The Bertz CT molecular complexity index is 169. The highest BCUT2D eigenvalue weighted by atomic mass is 16.5.